The number of aliphatic imine (C=N–C) groups is 2. The Morgan fingerprint density at radius 2 is 1.48 bits per heavy atom. The van der Waals surface area contributed by atoms with Crippen LogP contribution < -0.4 is 0 Å². The molecule has 6 rings (SSSR count). The number of hydrogen-bond acceptors (Lipinski definition) is 2. The zero-order valence-corrected chi connectivity index (χ0v) is 16.8. The highest BCUT2D eigenvalue weighted by Gasteiger charge is 2.21. The molecule has 0 fully saturated rings. The maximum atomic E-state index is 4.24. The summed E-state index contributed by atoms with van der Waals surface area (Å²) in [7, 11) is 0. The van der Waals surface area contributed by atoms with Crippen LogP contribution in [0.3, 0.4) is 0 Å². The molecule has 0 spiro atoms. The molecule has 0 bridgehead atoms. The van der Waals surface area contributed by atoms with Crippen molar-refractivity contribution in [2.75, 3.05) is 6.54 Å². The number of rotatable bonds is 0. The third kappa shape index (κ3) is 3.67. The van der Waals surface area contributed by atoms with Gasteiger partial charge in [0.2, 0.25) is 0 Å². The van der Waals surface area contributed by atoms with E-state index in [4.69, 9.17) is 0 Å². The molecule has 0 atom stereocenters. The number of hydrogen-bond donors (Lipinski definition) is 0. The van der Waals surface area contributed by atoms with E-state index < -0.39 is 0 Å². The molecule has 0 saturated heterocycles. The largest absolute Gasteiger partial charge is 0.287 e. The Bertz CT molecular complexity index is 1060. The molecule has 3 aromatic rings. The number of fused-ring (bicyclic) bond motifs is 6. The molecule has 3 aromatic carbocycles. The lowest BCUT2D eigenvalue weighted by molar-refractivity contribution is 0.676. The fourth-order valence-corrected chi connectivity index (χ4v) is 4.75. The minimum atomic E-state index is 0.689. The van der Waals surface area contributed by atoms with Gasteiger partial charge in [-0.05, 0) is 78.0 Å². The van der Waals surface area contributed by atoms with Crippen LogP contribution in [0.2, 0.25) is 0 Å². The molecule has 0 amide bonds. The maximum absolute atomic E-state index is 4.24. The van der Waals surface area contributed by atoms with Gasteiger partial charge in [-0.1, -0.05) is 54.6 Å². The Morgan fingerprint density at radius 1 is 0.621 bits per heavy atom. The number of nitrogens with zero attached hydrogens (tertiary/aromatic N) is 2. The Hall–Kier alpha value is -3.00. The predicted octanol–water partition coefficient (Wildman–Crippen LogP) is 6.15. The molecule has 1 aliphatic heterocycles. The van der Waals surface area contributed by atoms with E-state index in [1.165, 1.54) is 55.2 Å². The van der Waals surface area contributed by atoms with Crippen molar-refractivity contribution in [1.29, 1.82) is 0 Å². The first-order chi connectivity index (χ1) is 14.4. The fourth-order valence-electron chi connectivity index (χ4n) is 4.75. The maximum Gasteiger partial charge on any atom is 0.0742 e. The Labute approximate surface area is 173 Å². The summed E-state index contributed by atoms with van der Waals surface area (Å²) in [6.07, 6.45) is 11.5. The normalized spacial score (nSPS) is 15.7. The van der Waals surface area contributed by atoms with Crippen molar-refractivity contribution in [2.24, 2.45) is 9.98 Å². The van der Waals surface area contributed by atoms with E-state index in [2.05, 4.69) is 46.4 Å². The second-order valence-corrected chi connectivity index (χ2v) is 7.96. The Balaban J connectivity index is 0.000000142. The standard InChI is InChI=1S/C18H18.C9H8N2/c1-3-7-15-13(5-1)9-11-18-16-8-4-2-6-14(16)10-12-17(15)18;1-2-4-9-8(3-1)7-10-5-6-11-9/h1,3,5,7,10,12H,2,4,6,8-9,11H2;1-4,6-7H,5H2. The molecule has 2 heteroatoms. The molecule has 3 aliphatic rings. The number of aryl methyl sites for hydroxylation is 2. The van der Waals surface area contributed by atoms with Gasteiger partial charge in [-0.2, -0.15) is 0 Å². The van der Waals surface area contributed by atoms with E-state index in [1.807, 2.05) is 36.7 Å². The molecule has 0 radical (unpaired) electrons. The molecule has 144 valence electrons. The van der Waals surface area contributed by atoms with Gasteiger partial charge < -0.3 is 0 Å². The highest BCUT2D eigenvalue weighted by molar-refractivity contribution is 5.90. The van der Waals surface area contributed by atoms with Crippen molar-refractivity contribution in [3.05, 3.63) is 88.5 Å². The molecule has 0 unspecified atom stereocenters. The van der Waals surface area contributed by atoms with Gasteiger partial charge in [0.15, 0.2) is 0 Å². The molecule has 0 aromatic heterocycles. The molecule has 2 nitrogen and oxygen atoms in total. The molecule has 0 N–H and O–H groups in total. The van der Waals surface area contributed by atoms with Gasteiger partial charge in [0, 0.05) is 18.0 Å². The van der Waals surface area contributed by atoms with E-state index in [1.54, 1.807) is 16.7 Å². The van der Waals surface area contributed by atoms with Crippen molar-refractivity contribution >= 4 is 18.1 Å². The average molecular weight is 379 g/mol. The topological polar surface area (TPSA) is 24.7 Å². The zero-order valence-electron chi connectivity index (χ0n) is 16.8. The lowest BCUT2D eigenvalue weighted by Crippen LogP contribution is -2.12. The minimum absolute atomic E-state index is 0.689. The van der Waals surface area contributed by atoms with Gasteiger partial charge >= 0.3 is 0 Å². The van der Waals surface area contributed by atoms with E-state index in [0.717, 1.165) is 11.3 Å². The minimum Gasteiger partial charge on any atom is -0.287 e. The second kappa shape index (κ2) is 8.16. The van der Waals surface area contributed by atoms with Gasteiger partial charge in [-0.25, -0.2) is 0 Å². The summed E-state index contributed by atoms with van der Waals surface area (Å²) in [4.78, 5) is 8.37. The first-order valence-electron chi connectivity index (χ1n) is 10.7. The van der Waals surface area contributed by atoms with Crippen molar-refractivity contribution in [3.8, 4) is 11.1 Å². The van der Waals surface area contributed by atoms with E-state index in [9.17, 15) is 0 Å². The lowest BCUT2D eigenvalue weighted by atomic mass is 9.78. The summed E-state index contributed by atoms with van der Waals surface area (Å²) >= 11 is 0. The smallest absolute Gasteiger partial charge is 0.0742 e. The van der Waals surface area contributed by atoms with Gasteiger partial charge in [-0.3, -0.25) is 9.98 Å². The Kier molecular flexibility index (Phi) is 5.08. The summed E-state index contributed by atoms with van der Waals surface area (Å²) in [6.45, 7) is 0.689. The van der Waals surface area contributed by atoms with Gasteiger partial charge in [-0.15, -0.1) is 0 Å². The molecule has 29 heavy (non-hydrogen) atoms. The quantitative estimate of drug-likeness (QED) is 0.448. The summed E-state index contributed by atoms with van der Waals surface area (Å²) in [5.41, 5.74) is 11.6. The van der Waals surface area contributed by atoms with Crippen molar-refractivity contribution in [1.82, 2.24) is 0 Å². The third-order valence-electron chi connectivity index (χ3n) is 6.19. The fraction of sp³-hybridized carbons (Fsp3) is 0.259. The number of benzene rings is 3. The van der Waals surface area contributed by atoms with Gasteiger partial charge in [0.25, 0.3) is 0 Å². The molecular formula is C27H26N2. The summed E-state index contributed by atoms with van der Waals surface area (Å²) in [5.74, 6) is 0. The van der Waals surface area contributed by atoms with Crippen LogP contribution in [0.4, 0.5) is 5.69 Å². The summed E-state index contributed by atoms with van der Waals surface area (Å²) in [5, 5.41) is 0. The van der Waals surface area contributed by atoms with Gasteiger partial charge in [0.1, 0.15) is 0 Å². The zero-order chi connectivity index (χ0) is 19.5. The van der Waals surface area contributed by atoms with Gasteiger partial charge in [0.05, 0.1) is 12.2 Å². The second-order valence-electron chi connectivity index (χ2n) is 7.96. The molecule has 0 saturated carbocycles. The first kappa shape index (κ1) is 18.1. The lowest BCUT2D eigenvalue weighted by Gasteiger charge is -2.26. The van der Waals surface area contributed by atoms with Crippen LogP contribution >= 0.6 is 0 Å². The third-order valence-corrected chi connectivity index (χ3v) is 6.19. The molecule has 1 heterocycles. The van der Waals surface area contributed by atoms with Crippen LogP contribution in [-0.2, 0) is 25.7 Å². The van der Waals surface area contributed by atoms with Crippen LogP contribution in [-0.4, -0.2) is 19.0 Å². The van der Waals surface area contributed by atoms with Crippen molar-refractivity contribution in [3.63, 3.8) is 0 Å². The summed E-state index contributed by atoms with van der Waals surface area (Å²) in [6, 6.07) is 21.7. The summed E-state index contributed by atoms with van der Waals surface area (Å²) < 4.78 is 0. The molecular weight excluding hydrogens is 352 g/mol. The van der Waals surface area contributed by atoms with E-state index >= 15 is 0 Å². The SMILES string of the molecule is C1=NCC=Nc2ccccc21.c1ccc2c(c1)CCc1c-2ccc2c1CCCC2. The predicted molar refractivity (Wildman–Crippen MR) is 123 cm³/mol. The monoisotopic (exact) mass is 378 g/mol. The van der Waals surface area contributed by atoms with E-state index in [0.29, 0.717) is 6.54 Å². The molecule has 2 aliphatic carbocycles. The van der Waals surface area contributed by atoms with Crippen molar-refractivity contribution in [2.45, 2.75) is 38.5 Å². The first-order valence-corrected chi connectivity index (χ1v) is 10.7. The van der Waals surface area contributed by atoms with Crippen LogP contribution in [0.5, 0.6) is 0 Å². The number of para-hydroxylation sites is 1. The van der Waals surface area contributed by atoms with Crippen LogP contribution in [0, 0.1) is 0 Å². The van der Waals surface area contributed by atoms with Crippen molar-refractivity contribution < 1.29 is 0 Å². The highest BCUT2D eigenvalue weighted by atomic mass is 14.8. The van der Waals surface area contributed by atoms with E-state index in [-0.39, 0.29) is 0 Å². The van der Waals surface area contributed by atoms with Crippen LogP contribution in [0.25, 0.3) is 11.1 Å². The average Bonchev–Trinajstić information content (AvgIpc) is 3.05. The highest BCUT2D eigenvalue weighted by Crippen LogP contribution is 2.38. The van der Waals surface area contributed by atoms with Crippen LogP contribution in [0.1, 0.15) is 40.7 Å². The Morgan fingerprint density at radius 3 is 2.48 bits per heavy atom. The van der Waals surface area contributed by atoms with Crippen LogP contribution in [0.15, 0.2) is 70.6 Å².